The highest BCUT2D eigenvalue weighted by molar-refractivity contribution is 5.85. The van der Waals surface area contributed by atoms with Crippen LogP contribution in [0.25, 0.3) is 0 Å². The van der Waals surface area contributed by atoms with Gasteiger partial charge in [0.2, 0.25) is 5.91 Å². The van der Waals surface area contributed by atoms with Gasteiger partial charge in [0.25, 0.3) is 0 Å². The van der Waals surface area contributed by atoms with Gasteiger partial charge in [0, 0.05) is 19.0 Å². The van der Waals surface area contributed by atoms with Gasteiger partial charge in [0.15, 0.2) is 0 Å². The first-order valence-corrected chi connectivity index (χ1v) is 8.44. The van der Waals surface area contributed by atoms with E-state index in [0.29, 0.717) is 31.3 Å². The van der Waals surface area contributed by atoms with Crippen LogP contribution in [0.2, 0.25) is 0 Å². The predicted molar refractivity (Wildman–Crippen MR) is 88.3 cm³/mol. The van der Waals surface area contributed by atoms with Gasteiger partial charge < -0.3 is 10.0 Å². The van der Waals surface area contributed by atoms with Crippen molar-refractivity contribution in [3.8, 4) is 0 Å². The molecule has 3 atom stereocenters. The fourth-order valence-electron chi connectivity index (χ4n) is 3.52. The molecule has 0 spiro atoms. The van der Waals surface area contributed by atoms with Crippen LogP contribution >= 0.6 is 0 Å². The maximum Gasteiger partial charge on any atom is 0.311 e. The highest BCUT2D eigenvalue weighted by Crippen LogP contribution is 2.49. The molecule has 2 fully saturated rings. The third kappa shape index (κ3) is 2.99. The van der Waals surface area contributed by atoms with Gasteiger partial charge in [-0.3, -0.25) is 9.59 Å². The predicted octanol–water partition coefficient (Wildman–Crippen LogP) is 3.24. The van der Waals surface area contributed by atoms with Crippen molar-refractivity contribution in [3.63, 3.8) is 0 Å². The molecular weight excluding hydrogens is 290 g/mol. The third-order valence-electron chi connectivity index (χ3n) is 5.44. The minimum atomic E-state index is -0.801. The van der Waals surface area contributed by atoms with Crippen molar-refractivity contribution in [2.75, 3.05) is 13.1 Å². The number of carboxylic acid groups (broad SMARTS) is 1. The first kappa shape index (κ1) is 16.0. The Bertz CT molecular complexity index is 622. The number of nitrogens with zero attached hydrogens (tertiary/aromatic N) is 1. The summed E-state index contributed by atoms with van der Waals surface area (Å²) in [7, 11) is 0. The molecule has 4 nitrogen and oxygen atoms in total. The van der Waals surface area contributed by atoms with Gasteiger partial charge in [0.1, 0.15) is 0 Å². The maximum absolute atomic E-state index is 12.6. The van der Waals surface area contributed by atoms with Crippen LogP contribution in [-0.2, 0) is 9.59 Å². The molecule has 1 aliphatic carbocycles. The molecule has 124 valence electrons. The van der Waals surface area contributed by atoms with Crippen molar-refractivity contribution < 1.29 is 14.7 Å². The molecule has 1 aliphatic heterocycles. The van der Waals surface area contributed by atoms with Gasteiger partial charge in [0.05, 0.1) is 5.41 Å². The lowest BCUT2D eigenvalue weighted by Crippen LogP contribution is -2.35. The summed E-state index contributed by atoms with van der Waals surface area (Å²) in [6.07, 6.45) is 1.44. The first-order chi connectivity index (χ1) is 10.8. The molecule has 4 heteroatoms. The number of benzene rings is 1. The molecule has 0 radical (unpaired) electrons. The van der Waals surface area contributed by atoms with E-state index in [9.17, 15) is 14.7 Å². The van der Waals surface area contributed by atoms with E-state index in [1.165, 1.54) is 11.1 Å². The number of hydrogen-bond donors (Lipinski definition) is 1. The number of hydrogen-bond acceptors (Lipinski definition) is 2. The number of carboxylic acids is 1. The number of carbonyl (C=O) groups excluding carboxylic acids is 1. The van der Waals surface area contributed by atoms with E-state index in [4.69, 9.17) is 0 Å². The zero-order valence-electron chi connectivity index (χ0n) is 14.1. The molecule has 23 heavy (non-hydrogen) atoms. The van der Waals surface area contributed by atoms with E-state index in [2.05, 4.69) is 38.1 Å². The Morgan fingerprint density at radius 2 is 1.91 bits per heavy atom. The van der Waals surface area contributed by atoms with Crippen LogP contribution in [0.5, 0.6) is 0 Å². The summed E-state index contributed by atoms with van der Waals surface area (Å²) in [6.45, 7) is 6.99. The van der Waals surface area contributed by atoms with Crippen molar-refractivity contribution in [2.45, 2.75) is 45.4 Å². The molecule has 3 rings (SSSR count). The van der Waals surface area contributed by atoms with Gasteiger partial charge in [-0.15, -0.1) is 0 Å². The average molecular weight is 315 g/mol. The quantitative estimate of drug-likeness (QED) is 0.928. The Morgan fingerprint density at radius 1 is 1.26 bits per heavy atom. The fraction of sp³-hybridized carbons (Fsp3) is 0.579. The minimum absolute atomic E-state index is 0.0380. The van der Waals surface area contributed by atoms with E-state index in [1.807, 2.05) is 0 Å². The summed E-state index contributed by atoms with van der Waals surface area (Å²) in [6, 6.07) is 8.58. The van der Waals surface area contributed by atoms with Crippen LogP contribution in [0.3, 0.4) is 0 Å². The molecule has 1 heterocycles. The number of likely N-dealkylation sites (tertiary alicyclic amines) is 1. The first-order valence-electron chi connectivity index (χ1n) is 8.44. The Morgan fingerprint density at radius 3 is 2.43 bits per heavy atom. The SMILES string of the molecule is CC(C)c1ccc(C2CC2C(=O)N2CCC(C)(C(=O)O)C2)cc1. The van der Waals surface area contributed by atoms with Crippen molar-refractivity contribution >= 4 is 11.9 Å². The molecule has 0 aromatic heterocycles. The Labute approximate surface area is 137 Å². The van der Waals surface area contributed by atoms with Crippen LogP contribution in [0.15, 0.2) is 24.3 Å². The van der Waals surface area contributed by atoms with E-state index in [1.54, 1.807) is 11.8 Å². The molecule has 0 bridgehead atoms. The molecule has 1 saturated carbocycles. The molecule has 1 saturated heterocycles. The van der Waals surface area contributed by atoms with Crippen molar-refractivity contribution in [3.05, 3.63) is 35.4 Å². The van der Waals surface area contributed by atoms with Crippen LogP contribution in [-0.4, -0.2) is 35.0 Å². The topological polar surface area (TPSA) is 57.6 Å². The van der Waals surface area contributed by atoms with E-state index in [0.717, 1.165) is 6.42 Å². The van der Waals surface area contributed by atoms with Gasteiger partial charge in [-0.1, -0.05) is 38.1 Å². The molecule has 2 aliphatic rings. The van der Waals surface area contributed by atoms with Crippen LogP contribution < -0.4 is 0 Å². The highest BCUT2D eigenvalue weighted by atomic mass is 16.4. The summed E-state index contributed by atoms with van der Waals surface area (Å²) in [5, 5.41) is 9.29. The van der Waals surface area contributed by atoms with Crippen molar-refractivity contribution in [2.24, 2.45) is 11.3 Å². The third-order valence-corrected chi connectivity index (χ3v) is 5.44. The smallest absolute Gasteiger partial charge is 0.311 e. The van der Waals surface area contributed by atoms with Crippen molar-refractivity contribution in [1.29, 1.82) is 0 Å². The van der Waals surface area contributed by atoms with E-state index in [-0.39, 0.29) is 11.8 Å². The molecule has 1 aromatic rings. The van der Waals surface area contributed by atoms with Gasteiger partial charge in [-0.25, -0.2) is 0 Å². The Hall–Kier alpha value is -1.84. The monoisotopic (exact) mass is 315 g/mol. The zero-order valence-corrected chi connectivity index (χ0v) is 14.1. The lowest BCUT2D eigenvalue weighted by atomic mass is 9.90. The largest absolute Gasteiger partial charge is 0.481 e. The molecular formula is C19H25NO3. The second-order valence-corrected chi connectivity index (χ2v) is 7.65. The van der Waals surface area contributed by atoms with Crippen molar-refractivity contribution in [1.82, 2.24) is 4.90 Å². The fourth-order valence-corrected chi connectivity index (χ4v) is 3.52. The van der Waals surface area contributed by atoms with E-state index >= 15 is 0 Å². The summed E-state index contributed by atoms with van der Waals surface area (Å²) in [5.41, 5.74) is 1.76. The molecule has 3 unspecified atom stereocenters. The minimum Gasteiger partial charge on any atom is -0.481 e. The number of carbonyl (C=O) groups is 2. The van der Waals surface area contributed by atoms with Crippen LogP contribution in [0.1, 0.15) is 56.6 Å². The lowest BCUT2D eigenvalue weighted by molar-refractivity contribution is -0.147. The normalized spacial score (nSPS) is 29.8. The molecule has 1 N–H and O–H groups in total. The number of amides is 1. The zero-order chi connectivity index (χ0) is 16.8. The lowest BCUT2D eigenvalue weighted by Gasteiger charge is -2.20. The molecule has 1 amide bonds. The maximum atomic E-state index is 12.6. The Balaban J connectivity index is 1.62. The highest BCUT2D eigenvalue weighted by Gasteiger charge is 2.49. The summed E-state index contributed by atoms with van der Waals surface area (Å²) in [5.74, 6) is 0.188. The van der Waals surface area contributed by atoms with Crippen LogP contribution in [0, 0.1) is 11.3 Å². The number of rotatable bonds is 4. The Kier molecular flexibility index (Phi) is 3.95. The average Bonchev–Trinajstić information content (AvgIpc) is 3.22. The van der Waals surface area contributed by atoms with E-state index < -0.39 is 11.4 Å². The number of aliphatic carboxylic acids is 1. The second kappa shape index (κ2) is 5.66. The summed E-state index contributed by atoms with van der Waals surface area (Å²) >= 11 is 0. The van der Waals surface area contributed by atoms with Crippen LogP contribution in [0.4, 0.5) is 0 Å². The second-order valence-electron chi connectivity index (χ2n) is 7.65. The summed E-state index contributed by atoms with van der Waals surface area (Å²) in [4.78, 5) is 25.7. The van der Waals surface area contributed by atoms with Gasteiger partial charge in [-0.2, -0.15) is 0 Å². The molecule has 1 aromatic carbocycles. The standard InChI is InChI=1S/C19H25NO3/c1-12(2)13-4-6-14(7-5-13)15-10-16(15)17(21)20-9-8-19(3,11-20)18(22)23/h4-7,12,15-16H,8-11H2,1-3H3,(H,22,23). The van der Waals surface area contributed by atoms with Gasteiger partial charge in [-0.05, 0) is 42.7 Å². The van der Waals surface area contributed by atoms with Gasteiger partial charge >= 0.3 is 5.97 Å². The summed E-state index contributed by atoms with van der Waals surface area (Å²) < 4.78 is 0.